The van der Waals surface area contributed by atoms with Crippen molar-refractivity contribution in [1.29, 1.82) is 0 Å². The quantitative estimate of drug-likeness (QED) is 0.850. The number of fused-ring (bicyclic) bond motifs is 1. The molecule has 0 aliphatic carbocycles. The Bertz CT molecular complexity index is 590. The first kappa shape index (κ1) is 12.5. The molecule has 0 bridgehead atoms. The van der Waals surface area contributed by atoms with Gasteiger partial charge in [-0.3, -0.25) is 4.90 Å². The third kappa shape index (κ3) is 2.19. The zero-order valence-corrected chi connectivity index (χ0v) is 12.5. The van der Waals surface area contributed by atoms with Gasteiger partial charge in [0.05, 0.1) is 5.39 Å². The van der Waals surface area contributed by atoms with Crippen LogP contribution in [-0.4, -0.2) is 47.1 Å². The summed E-state index contributed by atoms with van der Waals surface area (Å²) in [4.78, 5) is 15.2. The van der Waals surface area contributed by atoms with Crippen molar-refractivity contribution < 1.29 is 0 Å². The highest BCUT2D eigenvalue weighted by Gasteiger charge is 2.28. The first-order valence-corrected chi connectivity index (χ1v) is 8.47. The van der Waals surface area contributed by atoms with E-state index in [1.54, 1.807) is 17.7 Å². The van der Waals surface area contributed by atoms with Gasteiger partial charge in [-0.25, -0.2) is 9.97 Å². The van der Waals surface area contributed by atoms with Crippen molar-refractivity contribution in [2.45, 2.75) is 31.7 Å². The van der Waals surface area contributed by atoms with Gasteiger partial charge in [-0.1, -0.05) is 0 Å². The minimum atomic E-state index is 0.718. The van der Waals surface area contributed by atoms with Gasteiger partial charge in [0, 0.05) is 19.1 Å². The molecular formula is C15H20N4S. The minimum Gasteiger partial charge on any atom is -0.354 e. The molecule has 20 heavy (non-hydrogen) atoms. The van der Waals surface area contributed by atoms with Crippen molar-refractivity contribution >= 4 is 27.4 Å². The Morgan fingerprint density at radius 2 is 2.00 bits per heavy atom. The lowest BCUT2D eigenvalue weighted by molar-refractivity contribution is 0.215. The summed E-state index contributed by atoms with van der Waals surface area (Å²) in [6.45, 7) is 4.83. The van der Waals surface area contributed by atoms with E-state index in [0.29, 0.717) is 0 Å². The van der Waals surface area contributed by atoms with Gasteiger partial charge >= 0.3 is 0 Å². The van der Waals surface area contributed by atoms with Crippen molar-refractivity contribution in [3.05, 3.63) is 17.8 Å². The summed E-state index contributed by atoms with van der Waals surface area (Å²) in [6.07, 6.45) is 7.08. The van der Waals surface area contributed by atoms with Crippen LogP contribution in [-0.2, 0) is 0 Å². The van der Waals surface area contributed by atoms with Crippen LogP contribution < -0.4 is 4.90 Å². The molecule has 0 radical (unpaired) electrons. The Kier molecular flexibility index (Phi) is 3.32. The number of likely N-dealkylation sites (tertiary alicyclic amines) is 1. The van der Waals surface area contributed by atoms with Crippen LogP contribution in [0.2, 0.25) is 0 Å². The predicted octanol–water partition coefficient (Wildman–Crippen LogP) is 2.76. The first-order valence-electron chi connectivity index (χ1n) is 7.59. The van der Waals surface area contributed by atoms with Gasteiger partial charge in [-0.05, 0) is 50.2 Å². The molecule has 0 N–H and O–H groups in total. The third-order valence-corrected chi connectivity index (χ3v) is 5.41. The van der Waals surface area contributed by atoms with Crippen LogP contribution >= 0.6 is 11.3 Å². The normalized spacial score (nSPS) is 24.6. The molecule has 2 aliphatic rings. The van der Waals surface area contributed by atoms with E-state index in [9.17, 15) is 0 Å². The molecule has 2 saturated heterocycles. The zero-order valence-electron chi connectivity index (χ0n) is 11.7. The van der Waals surface area contributed by atoms with Crippen molar-refractivity contribution in [2.24, 2.45) is 0 Å². The average molecular weight is 288 g/mol. The molecule has 0 spiro atoms. The summed E-state index contributed by atoms with van der Waals surface area (Å²) in [5, 5.41) is 3.34. The summed E-state index contributed by atoms with van der Waals surface area (Å²) < 4.78 is 0. The van der Waals surface area contributed by atoms with Crippen LogP contribution in [0.1, 0.15) is 25.7 Å². The van der Waals surface area contributed by atoms with Crippen LogP contribution in [0.15, 0.2) is 17.8 Å². The van der Waals surface area contributed by atoms with Gasteiger partial charge in [-0.2, -0.15) is 0 Å². The maximum absolute atomic E-state index is 4.57. The van der Waals surface area contributed by atoms with Crippen molar-refractivity contribution in [2.75, 3.05) is 31.1 Å². The Morgan fingerprint density at radius 3 is 2.90 bits per heavy atom. The lowest BCUT2D eigenvalue weighted by atomic mass is 10.0. The van der Waals surface area contributed by atoms with Gasteiger partial charge < -0.3 is 4.90 Å². The van der Waals surface area contributed by atoms with E-state index in [0.717, 1.165) is 29.8 Å². The minimum absolute atomic E-state index is 0.718. The molecule has 0 saturated carbocycles. The van der Waals surface area contributed by atoms with Crippen LogP contribution in [0, 0.1) is 0 Å². The van der Waals surface area contributed by atoms with E-state index in [-0.39, 0.29) is 0 Å². The van der Waals surface area contributed by atoms with E-state index < -0.39 is 0 Å². The highest BCUT2D eigenvalue weighted by atomic mass is 32.1. The lowest BCUT2D eigenvalue weighted by Crippen LogP contribution is -2.47. The number of thiophene rings is 1. The maximum atomic E-state index is 4.57. The molecule has 106 valence electrons. The van der Waals surface area contributed by atoms with Gasteiger partial charge in [0.2, 0.25) is 0 Å². The lowest BCUT2D eigenvalue weighted by Gasteiger charge is -2.38. The fourth-order valence-electron chi connectivity index (χ4n) is 3.58. The molecule has 4 heterocycles. The van der Waals surface area contributed by atoms with E-state index >= 15 is 0 Å². The summed E-state index contributed by atoms with van der Waals surface area (Å²) in [5.41, 5.74) is 0. The molecule has 2 aliphatic heterocycles. The van der Waals surface area contributed by atoms with Crippen LogP contribution in [0.4, 0.5) is 5.82 Å². The van der Waals surface area contributed by atoms with Gasteiger partial charge in [0.25, 0.3) is 0 Å². The Hall–Kier alpha value is -1.20. The molecule has 5 heteroatoms. The summed E-state index contributed by atoms with van der Waals surface area (Å²) in [6, 6.07) is 2.88. The molecular weight excluding hydrogens is 268 g/mol. The highest BCUT2D eigenvalue weighted by molar-refractivity contribution is 7.16. The van der Waals surface area contributed by atoms with Crippen LogP contribution in [0.3, 0.4) is 0 Å². The zero-order chi connectivity index (χ0) is 13.4. The fraction of sp³-hybridized carbons (Fsp3) is 0.600. The summed E-state index contributed by atoms with van der Waals surface area (Å²) in [7, 11) is 0. The number of aromatic nitrogens is 2. The first-order chi connectivity index (χ1) is 9.92. The molecule has 4 nitrogen and oxygen atoms in total. The smallest absolute Gasteiger partial charge is 0.140 e. The topological polar surface area (TPSA) is 32.3 Å². The van der Waals surface area contributed by atoms with Gasteiger partial charge in [0.15, 0.2) is 0 Å². The number of anilines is 1. The van der Waals surface area contributed by atoms with E-state index in [1.165, 1.54) is 44.2 Å². The third-order valence-electron chi connectivity index (χ3n) is 4.59. The molecule has 2 aromatic rings. The maximum Gasteiger partial charge on any atom is 0.140 e. The molecule has 0 amide bonds. The van der Waals surface area contributed by atoms with Crippen molar-refractivity contribution in [1.82, 2.24) is 14.9 Å². The van der Waals surface area contributed by atoms with E-state index in [4.69, 9.17) is 0 Å². The molecule has 1 atom stereocenters. The van der Waals surface area contributed by atoms with Crippen LogP contribution in [0.5, 0.6) is 0 Å². The van der Waals surface area contributed by atoms with Crippen molar-refractivity contribution in [3.63, 3.8) is 0 Å². The predicted molar refractivity (Wildman–Crippen MR) is 83.5 cm³/mol. The van der Waals surface area contributed by atoms with Gasteiger partial charge in [0.1, 0.15) is 17.0 Å². The number of hydrogen-bond donors (Lipinski definition) is 0. The number of rotatable bonds is 2. The largest absolute Gasteiger partial charge is 0.354 e. The second-order valence-corrected chi connectivity index (χ2v) is 6.72. The second-order valence-electron chi connectivity index (χ2n) is 5.82. The summed E-state index contributed by atoms with van der Waals surface area (Å²) >= 11 is 1.70. The molecule has 2 aromatic heterocycles. The van der Waals surface area contributed by atoms with E-state index in [2.05, 4.69) is 31.2 Å². The molecule has 0 aromatic carbocycles. The van der Waals surface area contributed by atoms with E-state index in [1.807, 2.05) is 0 Å². The number of piperidine rings is 1. The average Bonchev–Trinajstić information content (AvgIpc) is 3.18. The number of hydrogen-bond acceptors (Lipinski definition) is 5. The van der Waals surface area contributed by atoms with Crippen molar-refractivity contribution in [3.8, 4) is 0 Å². The molecule has 0 unspecified atom stereocenters. The SMILES string of the molecule is c1nc(N2CCC[C@H](N3CCCC3)C2)c2ccsc2n1. The molecule has 2 fully saturated rings. The Labute approximate surface area is 123 Å². The van der Waals surface area contributed by atoms with Crippen LogP contribution in [0.25, 0.3) is 10.2 Å². The summed E-state index contributed by atoms with van der Waals surface area (Å²) in [5.74, 6) is 1.14. The highest BCUT2D eigenvalue weighted by Crippen LogP contribution is 2.30. The Morgan fingerprint density at radius 1 is 1.10 bits per heavy atom. The molecule has 4 rings (SSSR count). The Balaban J connectivity index is 1.59. The fourth-order valence-corrected chi connectivity index (χ4v) is 4.31. The number of nitrogens with zero attached hydrogens (tertiary/aromatic N) is 4. The van der Waals surface area contributed by atoms with Gasteiger partial charge in [-0.15, -0.1) is 11.3 Å². The standard InChI is InChI=1S/C15H20N4S/c1-2-7-18(6-1)12-4-3-8-19(10-12)14-13-5-9-20-15(13)17-11-16-14/h5,9,11-12H,1-4,6-8,10H2/t12-/m0/s1. The monoisotopic (exact) mass is 288 g/mol. The second kappa shape index (κ2) is 5.30.